The average molecular weight is 607 g/mol. The molecule has 3 aromatic carbocycles. The number of nitrogens with zero attached hydrogens (tertiary/aromatic N) is 2. The monoisotopic (exact) mass is 606 g/mol. The molecule has 6 atom stereocenters. The van der Waals surface area contributed by atoms with Gasteiger partial charge in [-0.2, -0.15) is 0 Å². The van der Waals surface area contributed by atoms with E-state index in [1.54, 1.807) is 49.4 Å². The topological polar surface area (TPSA) is 142 Å². The van der Waals surface area contributed by atoms with Crippen molar-refractivity contribution >= 4 is 41.0 Å². The van der Waals surface area contributed by atoms with Gasteiger partial charge in [-0.1, -0.05) is 35.9 Å². The van der Waals surface area contributed by atoms with Gasteiger partial charge in [0.25, 0.3) is 0 Å². The maximum absolute atomic E-state index is 14.5. The van der Waals surface area contributed by atoms with Crippen molar-refractivity contribution in [1.82, 2.24) is 0 Å². The largest absolute Gasteiger partial charge is 0.508 e. The number of fused-ring (bicyclic) bond motifs is 4. The summed E-state index contributed by atoms with van der Waals surface area (Å²) in [5, 5.41) is 20.7. The van der Waals surface area contributed by atoms with Gasteiger partial charge in [-0.05, 0) is 74.2 Å². The minimum atomic E-state index is -1.31. The van der Waals surface area contributed by atoms with Crippen molar-refractivity contribution in [1.29, 1.82) is 0 Å². The highest BCUT2D eigenvalue weighted by Crippen LogP contribution is 2.64. The smallest absolute Gasteiger partial charge is 0.335 e. The molecule has 6 unspecified atom stereocenters. The molecule has 0 spiro atoms. The van der Waals surface area contributed by atoms with E-state index in [0.717, 1.165) is 10.5 Å². The number of carbonyl (C=O) groups is 5. The summed E-state index contributed by atoms with van der Waals surface area (Å²) in [5.74, 6) is -6.32. The van der Waals surface area contributed by atoms with Crippen molar-refractivity contribution in [2.75, 3.05) is 16.9 Å². The van der Waals surface area contributed by atoms with E-state index < -0.39 is 64.6 Å². The number of anilines is 2. The van der Waals surface area contributed by atoms with Crippen molar-refractivity contribution in [3.63, 3.8) is 0 Å². The Hall–Kier alpha value is -5.25. The summed E-state index contributed by atoms with van der Waals surface area (Å²) in [6.07, 6.45) is 2.26. The number of amides is 4. The van der Waals surface area contributed by atoms with Gasteiger partial charge in [0.1, 0.15) is 11.5 Å². The second kappa shape index (κ2) is 10.2. The molecule has 3 aromatic rings. The number of carboxylic acids is 1. The number of phenols is 1. The lowest BCUT2D eigenvalue weighted by Crippen LogP contribution is -2.48. The maximum atomic E-state index is 14.5. The molecule has 2 heterocycles. The first-order valence-corrected chi connectivity index (χ1v) is 14.8. The van der Waals surface area contributed by atoms with Crippen molar-refractivity contribution in [2.24, 2.45) is 29.1 Å². The molecule has 2 aliphatic heterocycles. The zero-order valence-corrected chi connectivity index (χ0v) is 24.5. The number of allylic oxidation sites excluding steroid dienone is 2. The number of carboxylic acid groups (broad SMARTS) is 1. The molecule has 7 rings (SSSR count). The highest BCUT2D eigenvalue weighted by molar-refractivity contribution is 6.25. The first kappa shape index (κ1) is 28.5. The standard InChI is InChI=1S/C35H30N2O8/c1-35-26(31(40)37(34(35)44)19-8-4-3-5-9-19)17-24-22(29(35)25-16-21(45-2)11-14-27(25)38)12-13-23-28(24)32(41)36(30(23)39)20-10-6-7-18(15-20)33(42)43/h3-12,14-16,23-24,26,28-29,38H,13,17H2,1-2H3,(H,42,43). The molecule has 2 N–H and O–H groups in total. The fraction of sp³-hybridized carbons (Fsp3) is 0.286. The summed E-state index contributed by atoms with van der Waals surface area (Å²) in [5.41, 5.74) is 0.355. The van der Waals surface area contributed by atoms with Crippen LogP contribution in [0.2, 0.25) is 0 Å². The van der Waals surface area contributed by atoms with E-state index in [4.69, 9.17) is 4.74 Å². The van der Waals surface area contributed by atoms with Crippen LogP contribution in [0.4, 0.5) is 11.4 Å². The average Bonchev–Trinajstić information content (AvgIpc) is 3.41. The predicted molar refractivity (Wildman–Crippen MR) is 162 cm³/mol. The summed E-state index contributed by atoms with van der Waals surface area (Å²) in [6.45, 7) is 1.75. The summed E-state index contributed by atoms with van der Waals surface area (Å²) in [6, 6.07) is 19.1. The van der Waals surface area contributed by atoms with Gasteiger partial charge in [-0.15, -0.1) is 0 Å². The highest BCUT2D eigenvalue weighted by Gasteiger charge is 2.68. The fourth-order valence-electron chi connectivity index (χ4n) is 8.11. The SMILES string of the molecule is COc1ccc(O)c(C2C3=CCC4C(=O)N(c5cccc(C(=O)O)c5)C(=O)C4C3CC3C(=O)N(c4ccccc4)C(=O)C32C)c1. The van der Waals surface area contributed by atoms with Gasteiger partial charge < -0.3 is 14.9 Å². The number of benzene rings is 3. The second-order valence-corrected chi connectivity index (χ2v) is 12.3. The Morgan fingerprint density at radius 3 is 2.31 bits per heavy atom. The van der Waals surface area contributed by atoms with Gasteiger partial charge in [0, 0.05) is 11.5 Å². The number of methoxy groups -OCH3 is 1. The van der Waals surface area contributed by atoms with Crippen LogP contribution in [0.3, 0.4) is 0 Å². The van der Waals surface area contributed by atoms with Crippen LogP contribution in [0, 0.1) is 29.1 Å². The minimum absolute atomic E-state index is 0.0557. The van der Waals surface area contributed by atoms with Gasteiger partial charge in [-0.3, -0.25) is 24.1 Å². The van der Waals surface area contributed by atoms with Gasteiger partial charge in [0.15, 0.2) is 0 Å². The van der Waals surface area contributed by atoms with Gasteiger partial charge in [-0.25, -0.2) is 9.69 Å². The molecule has 2 saturated heterocycles. The van der Waals surface area contributed by atoms with Gasteiger partial charge >= 0.3 is 5.97 Å². The molecule has 4 amide bonds. The van der Waals surface area contributed by atoms with Crippen LogP contribution >= 0.6 is 0 Å². The van der Waals surface area contributed by atoms with Gasteiger partial charge in [0.2, 0.25) is 23.6 Å². The third kappa shape index (κ3) is 3.97. The number of hydrogen-bond acceptors (Lipinski definition) is 7. The zero-order chi connectivity index (χ0) is 31.8. The molecule has 0 radical (unpaired) electrons. The Labute approximate surface area is 258 Å². The predicted octanol–water partition coefficient (Wildman–Crippen LogP) is 4.53. The van der Waals surface area contributed by atoms with Crippen LogP contribution in [0.15, 0.2) is 84.4 Å². The molecule has 45 heavy (non-hydrogen) atoms. The van der Waals surface area contributed by atoms with Crippen LogP contribution in [0.1, 0.15) is 41.6 Å². The van der Waals surface area contributed by atoms with Crippen LogP contribution < -0.4 is 14.5 Å². The molecule has 3 fully saturated rings. The van der Waals surface area contributed by atoms with E-state index in [9.17, 15) is 34.2 Å². The summed E-state index contributed by atoms with van der Waals surface area (Å²) in [7, 11) is 1.49. The summed E-state index contributed by atoms with van der Waals surface area (Å²) < 4.78 is 5.47. The quantitative estimate of drug-likeness (QED) is 0.319. The van der Waals surface area contributed by atoms with Crippen molar-refractivity contribution in [3.8, 4) is 11.5 Å². The molecule has 228 valence electrons. The van der Waals surface area contributed by atoms with Crippen LogP contribution in [-0.2, 0) is 19.2 Å². The first-order chi connectivity index (χ1) is 21.6. The van der Waals surface area contributed by atoms with Crippen molar-refractivity contribution < 1.29 is 38.9 Å². The van der Waals surface area contributed by atoms with E-state index in [0.29, 0.717) is 17.0 Å². The van der Waals surface area contributed by atoms with E-state index in [-0.39, 0.29) is 29.8 Å². The van der Waals surface area contributed by atoms with E-state index in [1.165, 1.54) is 42.3 Å². The number of phenolic OH excluding ortho intramolecular Hbond substituents is 1. The number of aromatic carboxylic acids is 1. The first-order valence-electron chi connectivity index (χ1n) is 14.8. The summed E-state index contributed by atoms with van der Waals surface area (Å²) >= 11 is 0. The molecule has 0 aromatic heterocycles. The van der Waals surface area contributed by atoms with E-state index in [1.807, 2.05) is 6.08 Å². The number of para-hydroxylation sites is 1. The van der Waals surface area contributed by atoms with Crippen LogP contribution in [0.25, 0.3) is 0 Å². The lowest BCUT2D eigenvalue weighted by atomic mass is 9.51. The Kier molecular flexibility index (Phi) is 6.43. The molecular weight excluding hydrogens is 576 g/mol. The van der Waals surface area contributed by atoms with Gasteiger partial charge in [0.05, 0.1) is 47.2 Å². The number of carbonyl (C=O) groups excluding carboxylic acids is 4. The van der Waals surface area contributed by atoms with E-state index in [2.05, 4.69) is 0 Å². The lowest BCUT2D eigenvalue weighted by Gasteiger charge is -2.49. The van der Waals surface area contributed by atoms with Crippen molar-refractivity contribution in [3.05, 3.63) is 95.6 Å². The third-order valence-electron chi connectivity index (χ3n) is 10.2. The maximum Gasteiger partial charge on any atom is 0.335 e. The third-order valence-corrected chi connectivity index (χ3v) is 10.2. The van der Waals surface area contributed by atoms with Crippen LogP contribution in [-0.4, -0.2) is 46.9 Å². The molecule has 10 heteroatoms. The molecular formula is C35H30N2O8. The summed E-state index contributed by atoms with van der Waals surface area (Å²) in [4.78, 5) is 70.6. The second-order valence-electron chi connectivity index (χ2n) is 12.3. The van der Waals surface area contributed by atoms with Crippen molar-refractivity contribution in [2.45, 2.75) is 25.7 Å². The Balaban J connectivity index is 1.37. The number of rotatable bonds is 5. The van der Waals surface area contributed by atoms with E-state index >= 15 is 0 Å². The Morgan fingerprint density at radius 1 is 0.867 bits per heavy atom. The number of hydrogen-bond donors (Lipinski definition) is 2. The zero-order valence-electron chi connectivity index (χ0n) is 24.5. The molecule has 0 bridgehead atoms. The van der Waals surface area contributed by atoms with Crippen LogP contribution in [0.5, 0.6) is 11.5 Å². The number of imide groups is 2. The normalized spacial score (nSPS) is 28.8. The highest BCUT2D eigenvalue weighted by atomic mass is 16.5. The molecule has 10 nitrogen and oxygen atoms in total. The molecule has 2 aliphatic carbocycles. The Morgan fingerprint density at radius 2 is 1.60 bits per heavy atom. The Bertz CT molecular complexity index is 1830. The molecule has 1 saturated carbocycles. The lowest BCUT2D eigenvalue weighted by molar-refractivity contribution is -0.131. The number of aromatic hydroxyl groups is 1. The number of ether oxygens (including phenoxy) is 1. The fourth-order valence-corrected chi connectivity index (χ4v) is 8.11. The molecule has 4 aliphatic rings. The minimum Gasteiger partial charge on any atom is -0.508 e.